The first-order valence-corrected chi connectivity index (χ1v) is 4.26. The molecule has 0 aromatic heterocycles. The van der Waals surface area contributed by atoms with Gasteiger partial charge in [-0.25, -0.2) is 0 Å². The fourth-order valence-electron chi connectivity index (χ4n) is 2.19. The highest BCUT2D eigenvalue weighted by molar-refractivity contribution is 5.88. The molecule has 2 N–H and O–H groups in total. The molecule has 2 fully saturated rings. The molecule has 11 heavy (non-hydrogen) atoms. The van der Waals surface area contributed by atoms with Crippen molar-refractivity contribution < 1.29 is 4.79 Å². The number of rotatable bonds is 0. The van der Waals surface area contributed by atoms with E-state index in [0.29, 0.717) is 5.92 Å². The maximum Gasteiger partial charge on any atom is 0.240 e. The van der Waals surface area contributed by atoms with Gasteiger partial charge in [-0.15, -0.1) is 0 Å². The lowest BCUT2D eigenvalue weighted by atomic mass is 9.68. The van der Waals surface area contributed by atoms with E-state index in [1.165, 1.54) is 0 Å². The van der Waals surface area contributed by atoms with Crippen LogP contribution in [0.15, 0.2) is 0 Å². The number of carbonyl (C=O) groups is 1. The lowest BCUT2D eigenvalue weighted by molar-refractivity contribution is -0.135. The van der Waals surface area contributed by atoms with Crippen molar-refractivity contribution in [1.29, 1.82) is 0 Å². The second-order valence-corrected chi connectivity index (χ2v) is 3.78. The van der Waals surface area contributed by atoms with Crippen LogP contribution in [-0.2, 0) is 4.79 Å². The lowest BCUT2D eigenvalue weighted by Crippen LogP contribution is -2.68. The zero-order chi connectivity index (χ0) is 7.90. The van der Waals surface area contributed by atoms with E-state index < -0.39 is 0 Å². The molecule has 1 aliphatic carbocycles. The van der Waals surface area contributed by atoms with Crippen molar-refractivity contribution >= 4 is 5.91 Å². The molecule has 2 rings (SSSR count). The smallest absolute Gasteiger partial charge is 0.240 e. The number of amides is 1. The molecule has 3 heteroatoms. The minimum Gasteiger partial charge on any atom is -0.353 e. The Kier molecular flexibility index (Phi) is 1.42. The summed E-state index contributed by atoms with van der Waals surface area (Å²) in [6.45, 7) is 3.90. The fourth-order valence-corrected chi connectivity index (χ4v) is 2.19. The second kappa shape index (κ2) is 2.21. The standard InChI is InChI=1S/C8H14N2O/c1-6-4-8(5-6)7(11)9-2-3-10-8/h6,10H,2-5H2,1H3,(H,9,11). The topological polar surface area (TPSA) is 41.1 Å². The van der Waals surface area contributed by atoms with Gasteiger partial charge in [-0.3, -0.25) is 4.79 Å². The van der Waals surface area contributed by atoms with E-state index in [1.807, 2.05) is 0 Å². The molecule has 1 heterocycles. The Morgan fingerprint density at radius 3 is 2.73 bits per heavy atom. The Bertz CT molecular complexity index is 179. The van der Waals surface area contributed by atoms with Crippen LogP contribution in [0.4, 0.5) is 0 Å². The van der Waals surface area contributed by atoms with Gasteiger partial charge in [-0.1, -0.05) is 6.92 Å². The molecular formula is C8H14N2O. The zero-order valence-corrected chi connectivity index (χ0v) is 6.81. The first-order chi connectivity index (χ1) is 5.23. The van der Waals surface area contributed by atoms with Gasteiger partial charge in [0.2, 0.25) is 5.91 Å². The van der Waals surface area contributed by atoms with E-state index >= 15 is 0 Å². The average Bonchev–Trinajstić information content (AvgIpc) is 1.92. The van der Waals surface area contributed by atoms with Crippen molar-refractivity contribution in [3.05, 3.63) is 0 Å². The predicted octanol–water partition coefficient (Wildman–Crippen LogP) is -0.126. The highest BCUT2D eigenvalue weighted by atomic mass is 16.2. The number of nitrogens with one attached hydrogen (secondary N) is 2. The molecule has 0 atom stereocenters. The summed E-state index contributed by atoms with van der Waals surface area (Å²) in [5.74, 6) is 0.924. The molecule has 1 spiro atoms. The van der Waals surface area contributed by atoms with E-state index in [0.717, 1.165) is 25.9 Å². The maximum absolute atomic E-state index is 11.4. The molecule has 2 aliphatic rings. The maximum atomic E-state index is 11.4. The Morgan fingerprint density at radius 2 is 2.18 bits per heavy atom. The average molecular weight is 154 g/mol. The molecule has 0 unspecified atom stereocenters. The first-order valence-electron chi connectivity index (χ1n) is 4.26. The summed E-state index contributed by atoms with van der Waals surface area (Å²) >= 11 is 0. The minimum absolute atomic E-state index is 0.169. The van der Waals surface area contributed by atoms with Gasteiger partial charge in [0.15, 0.2) is 0 Å². The summed E-state index contributed by atoms with van der Waals surface area (Å²) in [7, 11) is 0. The largest absolute Gasteiger partial charge is 0.353 e. The van der Waals surface area contributed by atoms with Crippen LogP contribution in [0, 0.1) is 5.92 Å². The number of carbonyl (C=O) groups excluding carboxylic acids is 1. The van der Waals surface area contributed by atoms with Gasteiger partial charge in [0.05, 0.1) is 5.54 Å². The Balaban J connectivity index is 2.06. The van der Waals surface area contributed by atoms with Crippen LogP contribution in [0.25, 0.3) is 0 Å². The fraction of sp³-hybridized carbons (Fsp3) is 0.875. The molecule has 0 aromatic carbocycles. The minimum atomic E-state index is -0.169. The van der Waals surface area contributed by atoms with Crippen molar-refractivity contribution in [2.75, 3.05) is 13.1 Å². The van der Waals surface area contributed by atoms with E-state index in [4.69, 9.17) is 0 Å². The summed E-state index contributed by atoms with van der Waals surface area (Å²) in [5.41, 5.74) is -0.169. The van der Waals surface area contributed by atoms with Gasteiger partial charge in [0.1, 0.15) is 0 Å². The number of hydrogen-bond acceptors (Lipinski definition) is 2. The summed E-state index contributed by atoms with van der Waals surface area (Å²) in [5, 5.41) is 6.19. The van der Waals surface area contributed by atoms with E-state index in [1.54, 1.807) is 0 Å². The third-order valence-corrected chi connectivity index (χ3v) is 2.70. The van der Waals surface area contributed by atoms with Gasteiger partial charge in [0.25, 0.3) is 0 Å². The molecule has 1 saturated heterocycles. The van der Waals surface area contributed by atoms with Gasteiger partial charge < -0.3 is 10.6 Å². The van der Waals surface area contributed by atoms with Gasteiger partial charge >= 0.3 is 0 Å². The van der Waals surface area contributed by atoms with Crippen LogP contribution >= 0.6 is 0 Å². The molecule has 0 radical (unpaired) electrons. The van der Waals surface area contributed by atoms with Gasteiger partial charge in [0, 0.05) is 13.1 Å². The number of hydrogen-bond donors (Lipinski definition) is 2. The summed E-state index contributed by atoms with van der Waals surface area (Å²) in [4.78, 5) is 11.4. The molecule has 0 aromatic rings. The normalized spacial score (nSPS) is 43.4. The van der Waals surface area contributed by atoms with Crippen LogP contribution in [0.2, 0.25) is 0 Å². The third-order valence-electron chi connectivity index (χ3n) is 2.70. The molecule has 1 amide bonds. The van der Waals surface area contributed by atoms with Crippen LogP contribution < -0.4 is 10.6 Å². The van der Waals surface area contributed by atoms with Crippen LogP contribution in [0.3, 0.4) is 0 Å². The Labute approximate surface area is 66.5 Å². The molecule has 1 saturated carbocycles. The van der Waals surface area contributed by atoms with Crippen molar-refractivity contribution in [1.82, 2.24) is 10.6 Å². The van der Waals surface area contributed by atoms with Crippen molar-refractivity contribution in [2.24, 2.45) is 5.92 Å². The quantitative estimate of drug-likeness (QED) is 0.510. The van der Waals surface area contributed by atoms with Gasteiger partial charge in [-0.2, -0.15) is 0 Å². The first kappa shape index (κ1) is 7.10. The molecular weight excluding hydrogens is 140 g/mol. The van der Waals surface area contributed by atoms with Crippen LogP contribution in [0.5, 0.6) is 0 Å². The second-order valence-electron chi connectivity index (χ2n) is 3.78. The van der Waals surface area contributed by atoms with Crippen LogP contribution in [0.1, 0.15) is 19.8 Å². The van der Waals surface area contributed by atoms with E-state index in [9.17, 15) is 4.79 Å². The lowest BCUT2D eigenvalue weighted by Gasteiger charge is -2.47. The highest BCUT2D eigenvalue weighted by Crippen LogP contribution is 2.38. The SMILES string of the molecule is CC1CC2(C1)NCCNC2=O. The van der Waals surface area contributed by atoms with Gasteiger partial charge in [-0.05, 0) is 18.8 Å². The summed E-state index contributed by atoms with van der Waals surface area (Å²) in [6.07, 6.45) is 2.03. The molecule has 1 aliphatic heterocycles. The molecule has 62 valence electrons. The monoisotopic (exact) mass is 154 g/mol. The zero-order valence-electron chi connectivity index (χ0n) is 6.81. The highest BCUT2D eigenvalue weighted by Gasteiger charge is 2.48. The van der Waals surface area contributed by atoms with Crippen molar-refractivity contribution in [2.45, 2.75) is 25.3 Å². The van der Waals surface area contributed by atoms with Crippen molar-refractivity contribution in [3.63, 3.8) is 0 Å². The third kappa shape index (κ3) is 0.948. The van der Waals surface area contributed by atoms with E-state index in [2.05, 4.69) is 17.6 Å². The van der Waals surface area contributed by atoms with Crippen LogP contribution in [-0.4, -0.2) is 24.5 Å². The summed E-state index contributed by atoms with van der Waals surface area (Å²) in [6, 6.07) is 0. The summed E-state index contributed by atoms with van der Waals surface area (Å²) < 4.78 is 0. The van der Waals surface area contributed by atoms with E-state index in [-0.39, 0.29) is 11.4 Å². The Morgan fingerprint density at radius 1 is 1.45 bits per heavy atom. The molecule has 3 nitrogen and oxygen atoms in total. The molecule has 0 bridgehead atoms. The number of piperazine rings is 1. The Hall–Kier alpha value is -0.570. The van der Waals surface area contributed by atoms with Crippen molar-refractivity contribution in [3.8, 4) is 0 Å². The predicted molar refractivity (Wildman–Crippen MR) is 42.1 cm³/mol.